The number of anilines is 1. The summed E-state index contributed by atoms with van der Waals surface area (Å²) < 4.78 is 0. The summed E-state index contributed by atoms with van der Waals surface area (Å²) in [6.07, 6.45) is 3.01. The molecular weight excluding hydrogens is 236 g/mol. The minimum absolute atomic E-state index is 0.0659. The Morgan fingerprint density at radius 3 is 2.80 bits per heavy atom. The van der Waals surface area contributed by atoms with E-state index in [0.29, 0.717) is 17.5 Å². The van der Waals surface area contributed by atoms with Crippen LogP contribution in [0.15, 0.2) is 22.6 Å². The molecule has 0 aliphatic rings. The largest absolute Gasteiger partial charge is 0.349 e. The minimum atomic E-state index is -0.0659. The number of hydrogen-bond donors (Lipinski definition) is 2. The molecule has 0 saturated carbocycles. The molecule has 0 saturated heterocycles. The van der Waals surface area contributed by atoms with Gasteiger partial charge in [0.2, 0.25) is 5.95 Å². The fourth-order valence-corrected chi connectivity index (χ4v) is 1.66. The van der Waals surface area contributed by atoms with Gasteiger partial charge in [-0.3, -0.25) is 4.79 Å². The summed E-state index contributed by atoms with van der Waals surface area (Å²) in [7, 11) is 0. The van der Waals surface area contributed by atoms with Crippen molar-refractivity contribution in [2.24, 2.45) is 0 Å². The van der Waals surface area contributed by atoms with E-state index >= 15 is 0 Å². The van der Waals surface area contributed by atoms with E-state index in [1.165, 1.54) is 12.4 Å². The van der Waals surface area contributed by atoms with Crippen molar-refractivity contribution < 1.29 is 0 Å². The number of rotatable bonds is 3. The zero-order valence-electron chi connectivity index (χ0n) is 7.53. The molecule has 5 nitrogen and oxygen atoms in total. The summed E-state index contributed by atoms with van der Waals surface area (Å²) in [6.45, 7) is 0.486. The van der Waals surface area contributed by atoms with E-state index in [9.17, 15) is 4.79 Å². The molecule has 2 heterocycles. The zero-order chi connectivity index (χ0) is 10.7. The maximum atomic E-state index is 10.8. The molecule has 0 bridgehead atoms. The Kier molecular flexibility index (Phi) is 2.98. The maximum Gasteiger partial charge on any atom is 0.304 e. The van der Waals surface area contributed by atoms with Crippen molar-refractivity contribution in [2.45, 2.75) is 6.54 Å². The molecule has 0 amide bonds. The quantitative estimate of drug-likeness (QED) is 0.856. The average Bonchev–Trinajstić information content (AvgIpc) is 2.64. The van der Waals surface area contributed by atoms with Gasteiger partial charge in [0.25, 0.3) is 0 Å². The van der Waals surface area contributed by atoms with Crippen LogP contribution in [-0.4, -0.2) is 15.0 Å². The summed E-state index contributed by atoms with van der Waals surface area (Å²) in [5.41, 5.74) is 0.809. The summed E-state index contributed by atoms with van der Waals surface area (Å²) in [4.78, 5) is 21.4. The minimum Gasteiger partial charge on any atom is -0.349 e. The van der Waals surface area contributed by atoms with E-state index in [2.05, 4.69) is 20.3 Å². The molecule has 0 atom stereocenters. The van der Waals surface area contributed by atoms with Crippen molar-refractivity contribution in [2.75, 3.05) is 5.32 Å². The number of aromatic nitrogens is 3. The number of halogens is 1. The molecular formula is C8H7ClN4OS. The molecule has 78 valence electrons. The number of H-pyrrole nitrogens is 1. The molecule has 0 aliphatic heterocycles. The van der Waals surface area contributed by atoms with E-state index < -0.39 is 0 Å². The summed E-state index contributed by atoms with van der Waals surface area (Å²) in [5.74, 6) is 0.478. The Morgan fingerprint density at radius 1 is 1.47 bits per heavy atom. The highest BCUT2D eigenvalue weighted by Crippen LogP contribution is 2.06. The highest BCUT2D eigenvalue weighted by Gasteiger charge is 1.98. The normalized spacial score (nSPS) is 10.2. The van der Waals surface area contributed by atoms with Gasteiger partial charge in [0.15, 0.2) is 0 Å². The molecule has 2 aromatic heterocycles. The van der Waals surface area contributed by atoms with Crippen molar-refractivity contribution in [3.63, 3.8) is 0 Å². The molecule has 7 heteroatoms. The Labute approximate surface area is 94.2 Å². The average molecular weight is 243 g/mol. The number of aromatic amines is 1. The fourth-order valence-electron chi connectivity index (χ4n) is 0.978. The van der Waals surface area contributed by atoms with Gasteiger partial charge in [0.1, 0.15) is 0 Å². The molecule has 2 aromatic rings. The molecule has 0 aromatic carbocycles. The molecule has 0 radical (unpaired) electrons. The van der Waals surface area contributed by atoms with Gasteiger partial charge < -0.3 is 10.3 Å². The summed E-state index contributed by atoms with van der Waals surface area (Å²) in [5, 5.41) is 5.20. The number of nitrogens with one attached hydrogen (secondary N) is 2. The smallest absolute Gasteiger partial charge is 0.304 e. The third-order valence-corrected chi connectivity index (χ3v) is 2.54. The van der Waals surface area contributed by atoms with Gasteiger partial charge in [-0.1, -0.05) is 22.9 Å². The second-order valence-corrected chi connectivity index (χ2v) is 4.03. The van der Waals surface area contributed by atoms with Gasteiger partial charge in [-0.2, -0.15) is 0 Å². The van der Waals surface area contributed by atoms with Crippen LogP contribution < -0.4 is 10.2 Å². The van der Waals surface area contributed by atoms with Crippen LogP contribution in [0.2, 0.25) is 5.02 Å². The van der Waals surface area contributed by atoms with Crippen LogP contribution >= 0.6 is 22.9 Å². The van der Waals surface area contributed by atoms with E-state index in [1.54, 1.807) is 5.38 Å². The van der Waals surface area contributed by atoms with Crippen LogP contribution in [-0.2, 0) is 6.54 Å². The van der Waals surface area contributed by atoms with Crippen molar-refractivity contribution >= 4 is 28.9 Å². The fraction of sp³-hybridized carbons (Fsp3) is 0.125. The van der Waals surface area contributed by atoms with Gasteiger partial charge in [-0.15, -0.1) is 0 Å². The number of hydrogen-bond acceptors (Lipinski definition) is 5. The number of thiazole rings is 1. The van der Waals surface area contributed by atoms with Crippen LogP contribution in [0, 0.1) is 0 Å². The Balaban J connectivity index is 1.99. The van der Waals surface area contributed by atoms with Crippen LogP contribution in [0.3, 0.4) is 0 Å². The molecule has 0 unspecified atom stereocenters. The Bertz CT molecular complexity index is 492. The molecule has 0 spiro atoms. The van der Waals surface area contributed by atoms with E-state index in [1.807, 2.05) is 0 Å². The lowest BCUT2D eigenvalue weighted by atomic mass is 10.5. The van der Waals surface area contributed by atoms with Crippen LogP contribution in [0.4, 0.5) is 5.95 Å². The second-order valence-electron chi connectivity index (χ2n) is 2.75. The van der Waals surface area contributed by atoms with Crippen molar-refractivity contribution in [3.8, 4) is 0 Å². The van der Waals surface area contributed by atoms with E-state index in [-0.39, 0.29) is 4.87 Å². The first-order chi connectivity index (χ1) is 7.24. The molecule has 2 rings (SSSR count). The highest BCUT2D eigenvalue weighted by atomic mass is 35.5. The molecule has 0 fully saturated rings. The van der Waals surface area contributed by atoms with Gasteiger partial charge >= 0.3 is 4.87 Å². The predicted octanol–water partition coefficient (Wildman–Crippen LogP) is 1.49. The molecule has 2 N–H and O–H groups in total. The topological polar surface area (TPSA) is 70.7 Å². The maximum absolute atomic E-state index is 10.8. The van der Waals surface area contributed by atoms with Gasteiger partial charge in [-0.05, 0) is 0 Å². The monoisotopic (exact) mass is 242 g/mol. The lowest BCUT2D eigenvalue weighted by molar-refractivity contribution is 1.01. The molecule has 0 aliphatic carbocycles. The SMILES string of the molecule is O=c1[nH]c(CNc2ncc(Cl)cn2)cs1. The molecule has 15 heavy (non-hydrogen) atoms. The first kappa shape index (κ1) is 10.1. The van der Waals surface area contributed by atoms with Gasteiger partial charge in [0.05, 0.1) is 24.0 Å². The summed E-state index contributed by atoms with van der Waals surface area (Å²) >= 11 is 6.76. The lowest BCUT2D eigenvalue weighted by Crippen LogP contribution is -2.05. The summed E-state index contributed by atoms with van der Waals surface area (Å²) in [6, 6.07) is 0. The standard InChI is InChI=1S/C8H7ClN4OS/c9-5-1-10-7(11-2-5)12-3-6-4-15-8(14)13-6/h1-2,4H,3H2,(H,13,14)(H,10,11,12). The van der Waals surface area contributed by atoms with E-state index in [4.69, 9.17) is 11.6 Å². The van der Waals surface area contributed by atoms with Crippen molar-refractivity contribution in [3.05, 3.63) is 38.2 Å². The first-order valence-electron chi connectivity index (χ1n) is 4.12. The zero-order valence-corrected chi connectivity index (χ0v) is 9.10. The third kappa shape index (κ3) is 2.77. The lowest BCUT2D eigenvalue weighted by Gasteiger charge is -2.01. The highest BCUT2D eigenvalue weighted by molar-refractivity contribution is 7.07. The Hall–Kier alpha value is -1.40. The predicted molar refractivity (Wildman–Crippen MR) is 59.3 cm³/mol. The van der Waals surface area contributed by atoms with Crippen LogP contribution in [0.5, 0.6) is 0 Å². The van der Waals surface area contributed by atoms with Crippen molar-refractivity contribution in [1.29, 1.82) is 0 Å². The second kappa shape index (κ2) is 4.41. The van der Waals surface area contributed by atoms with Crippen molar-refractivity contribution in [1.82, 2.24) is 15.0 Å². The van der Waals surface area contributed by atoms with Crippen LogP contribution in [0.1, 0.15) is 5.69 Å². The number of nitrogens with zero attached hydrogens (tertiary/aromatic N) is 2. The Morgan fingerprint density at radius 2 is 2.20 bits per heavy atom. The van der Waals surface area contributed by atoms with Crippen LogP contribution in [0.25, 0.3) is 0 Å². The van der Waals surface area contributed by atoms with Gasteiger partial charge in [-0.25, -0.2) is 9.97 Å². The van der Waals surface area contributed by atoms with E-state index in [0.717, 1.165) is 17.0 Å². The third-order valence-electron chi connectivity index (χ3n) is 1.63. The van der Waals surface area contributed by atoms with Gasteiger partial charge in [0, 0.05) is 11.1 Å². The first-order valence-corrected chi connectivity index (χ1v) is 5.38.